The first kappa shape index (κ1) is 23.6. The lowest BCUT2D eigenvalue weighted by Gasteiger charge is -2.42. The van der Waals surface area contributed by atoms with Crippen LogP contribution in [0.5, 0.6) is 11.5 Å². The number of hydrazone groups is 1. The van der Waals surface area contributed by atoms with Gasteiger partial charge in [-0.05, 0) is 25.8 Å². The maximum atomic E-state index is 12.1. The lowest BCUT2D eigenvalue weighted by molar-refractivity contribution is -0.192. The van der Waals surface area contributed by atoms with Crippen molar-refractivity contribution < 1.29 is 37.3 Å². The molecule has 3 aliphatic heterocycles. The number of hydrogen-bond acceptors (Lipinski definition) is 7. The molecule has 0 aliphatic carbocycles. The van der Waals surface area contributed by atoms with Gasteiger partial charge in [0.1, 0.15) is 29.7 Å². The lowest BCUT2D eigenvalue weighted by Crippen LogP contribution is -2.61. The van der Waals surface area contributed by atoms with Gasteiger partial charge in [0.2, 0.25) is 0 Å². The van der Waals surface area contributed by atoms with Crippen molar-refractivity contribution in [3.63, 3.8) is 0 Å². The number of carboxylic acid groups (broad SMARTS) is 1. The summed E-state index contributed by atoms with van der Waals surface area (Å²) in [6, 6.07) is 3.70. The summed E-state index contributed by atoms with van der Waals surface area (Å²) >= 11 is 0. The number of rotatable bonds is 3. The Labute approximate surface area is 182 Å². The smallest absolute Gasteiger partial charge is 0.485 e. The van der Waals surface area contributed by atoms with Crippen LogP contribution in [0.25, 0.3) is 0 Å². The number of carbonyl (C=O) groups is 2. The predicted molar refractivity (Wildman–Crippen MR) is 109 cm³/mol. The van der Waals surface area contributed by atoms with Crippen molar-refractivity contribution in [2.24, 2.45) is 5.10 Å². The van der Waals surface area contributed by atoms with E-state index in [4.69, 9.17) is 19.4 Å². The van der Waals surface area contributed by atoms with Crippen LogP contribution >= 0.6 is 0 Å². The highest BCUT2D eigenvalue weighted by molar-refractivity contribution is 6.09. The van der Waals surface area contributed by atoms with Crippen LogP contribution in [0.3, 0.4) is 0 Å². The molecule has 1 aromatic rings. The van der Waals surface area contributed by atoms with E-state index in [0.717, 1.165) is 35.8 Å². The average molecular weight is 458 g/mol. The maximum absolute atomic E-state index is 12.1. The number of ether oxygens (including phenoxy) is 2. The van der Waals surface area contributed by atoms with E-state index in [1.807, 2.05) is 24.0 Å². The van der Waals surface area contributed by atoms with E-state index < -0.39 is 12.1 Å². The van der Waals surface area contributed by atoms with Crippen molar-refractivity contribution >= 4 is 23.4 Å². The summed E-state index contributed by atoms with van der Waals surface area (Å²) < 4.78 is 44.0. The van der Waals surface area contributed by atoms with Gasteiger partial charge in [0.05, 0.1) is 5.69 Å². The molecule has 1 fully saturated rings. The summed E-state index contributed by atoms with van der Waals surface area (Å²) in [4.78, 5) is 22.9. The van der Waals surface area contributed by atoms with Crippen molar-refractivity contribution in [3.8, 4) is 11.5 Å². The van der Waals surface area contributed by atoms with E-state index in [-0.39, 0.29) is 17.6 Å². The first-order valence-corrected chi connectivity index (χ1v) is 9.98. The van der Waals surface area contributed by atoms with E-state index in [2.05, 4.69) is 36.6 Å². The van der Waals surface area contributed by atoms with Gasteiger partial charge in [-0.2, -0.15) is 18.3 Å². The Balaban J connectivity index is 0.000000360. The maximum Gasteiger partial charge on any atom is 0.490 e. The first-order valence-electron chi connectivity index (χ1n) is 9.98. The van der Waals surface area contributed by atoms with Crippen LogP contribution in [0.2, 0.25) is 0 Å². The van der Waals surface area contributed by atoms with E-state index in [1.165, 1.54) is 0 Å². The van der Waals surface area contributed by atoms with Gasteiger partial charge in [-0.3, -0.25) is 4.79 Å². The van der Waals surface area contributed by atoms with Crippen LogP contribution in [0.1, 0.15) is 39.2 Å². The SMILES string of the molecule is CC(C)c1cc2c(cc1OC1(C)CNC1)N1C(=NNC(=O)[C@@H]1C)CO2.O=C(O)C(F)(F)F. The fourth-order valence-electron chi connectivity index (χ4n) is 3.42. The molecule has 1 aromatic carbocycles. The molecular weight excluding hydrogens is 433 g/mol. The van der Waals surface area contributed by atoms with E-state index in [9.17, 15) is 18.0 Å². The lowest BCUT2D eigenvalue weighted by atomic mass is 9.97. The Morgan fingerprint density at radius 3 is 2.50 bits per heavy atom. The molecule has 9 nitrogen and oxygen atoms in total. The molecule has 3 heterocycles. The fourth-order valence-corrected chi connectivity index (χ4v) is 3.42. The Morgan fingerprint density at radius 2 is 2.00 bits per heavy atom. The molecule has 3 N–H and O–H groups in total. The second-order valence-corrected chi connectivity index (χ2v) is 8.31. The van der Waals surface area contributed by atoms with E-state index >= 15 is 0 Å². The van der Waals surface area contributed by atoms with Crippen LogP contribution in [0.15, 0.2) is 17.2 Å². The molecule has 32 heavy (non-hydrogen) atoms. The topological polar surface area (TPSA) is 112 Å². The highest BCUT2D eigenvalue weighted by atomic mass is 19.4. The van der Waals surface area contributed by atoms with Gasteiger partial charge < -0.3 is 24.8 Å². The third kappa shape index (κ3) is 4.74. The Hall–Kier alpha value is -3.02. The third-order valence-electron chi connectivity index (χ3n) is 5.27. The zero-order valence-corrected chi connectivity index (χ0v) is 18.0. The molecule has 176 valence electrons. The van der Waals surface area contributed by atoms with Crippen molar-refractivity contribution in [1.29, 1.82) is 0 Å². The van der Waals surface area contributed by atoms with Crippen molar-refractivity contribution in [2.75, 3.05) is 24.6 Å². The fraction of sp³-hybridized carbons (Fsp3) is 0.550. The molecule has 0 unspecified atom stereocenters. The van der Waals surface area contributed by atoms with Gasteiger partial charge in [0, 0.05) is 24.7 Å². The number of anilines is 1. The van der Waals surface area contributed by atoms with Crippen molar-refractivity contribution in [3.05, 3.63) is 17.7 Å². The highest BCUT2D eigenvalue weighted by Crippen LogP contribution is 2.43. The number of nitrogens with one attached hydrogen (secondary N) is 2. The van der Waals surface area contributed by atoms with Crippen LogP contribution in [-0.4, -0.2) is 60.3 Å². The predicted octanol–water partition coefficient (Wildman–Crippen LogP) is 2.21. The van der Waals surface area contributed by atoms with E-state index in [0.29, 0.717) is 18.4 Å². The third-order valence-corrected chi connectivity index (χ3v) is 5.27. The summed E-state index contributed by atoms with van der Waals surface area (Å²) in [6.45, 7) is 10.3. The normalized spacial score (nSPS) is 21.0. The summed E-state index contributed by atoms with van der Waals surface area (Å²) in [7, 11) is 0. The number of amides is 1. The number of fused-ring (bicyclic) bond motifs is 3. The number of halogens is 3. The highest BCUT2D eigenvalue weighted by Gasteiger charge is 2.39. The summed E-state index contributed by atoms with van der Waals surface area (Å²) in [5.74, 6) is -0.249. The number of aliphatic carboxylic acids is 1. The van der Waals surface area contributed by atoms with E-state index in [1.54, 1.807) is 0 Å². The summed E-state index contributed by atoms with van der Waals surface area (Å²) in [5.41, 5.74) is 4.30. The second-order valence-electron chi connectivity index (χ2n) is 8.31. The summed E-state index contributed by atoms with van der Waals surface area (Å²) in [6.07, 6.45) is -5.08. The van der Waals surface area contributed by atoms with Crippen LogP contribution in [0.4, 0.5) is 18.9 Å². The number of alkyl halides is 3. The minimum atomic E-state index is -5.08. The average Bonchev–Trinajstić information content (AvgIpc) is 2.68. The minimum absolute atomic E-state index is 0.123. The van der Waals surface area contributed by atoms with Crippen molar-refractivity contribution in [1.82, 2.24) is 10.7 Å². The molecule has 4 rings (SSSR count). The number of benzene rings is 1. The van der Waals surface area contributed by atoms with Crippen LogP contribution in [0, 0.1) is 0 Å². The molecule has 0 saturated carbocycles. The zero-order chi connectivity index (χ0) is 23.8. The van der Waals surface area contributed by atoms with Gasteiger partial charge in [-0.1, -0.05) is 13.8 Å². The quantitative estimate of drug-likeness (QED) is 0.637. The van der Waals surface area contributed by atoms with Gasteiger partial charge in [0.15, 0.2) is 5.84 Å². The Kier molecular flexibility index (Phi) is 6.27. The molecule has 12 heteroatoms. The molecule has 0 radical (unpaired) electrons. The molecule has 0 bridgehead atoms. The second kappa shape index (κ2) is 8.49. The van der Waals surface area contributed by atoms with Gasteiger partial charge in [-0.25, -0.2) is 10.2 Å². The molecule has 1 saturated heterocycles. The van der Waals surface area contributed by atoms with Gasteiger partial charge in [0.25, 0.3) is 5.91 Å². The minimum Gasteiger partial charge on any atom is -0.485 e. The standard InChI is InChI=1S/C18H24N4O3.C2HF3O2/c1-10(2)12-5-15-13(6-14(12)25-18(4)8-19-9-18)22-11(3)17(23)21-20-16(22)7-24-15;3-2(4,5)1(6)7/h5-6,10-11,19H,7-9H2,1-4H3,(H,21,23);(H,6,7)/t11-;/m0./s1. The number of nitrogens with zero attached hydrogens (tertiary/aromatic N) is 2. The number of hydrogen-bond donors (Lipinski definition) is 3. The molecule has 1 atom stereocenters. The van der Waals surface area contributed by atoms with Crippen LogP contribution in [-0.2, 0) is 9.59 Å². The molecule has 0 aromatic heterocycles. The molecular formula is C20H25F3N4O5. The monoisotopic (exact) mass is 458 g/mol. The largest absolute Gasteiger partial charge is 0.490 e. The molecule has 0 spiro atoms. The number of carboxylic acids is 1. The van der Waals surface area contributed by atoms with Gasteiger partial charge in [-0.15, -0.1) is 0 Å². The first-order chi connectivity index (χ1) is 14.8. The summed E-state index contributed by atoms with van der Waals surface area (Å²) in [5, 5.41) is 14.5. The number of carbonyl (C=O) groups excluding carboxylic acids is 1. The molecule has 1 amide bonds. The molecule has 3 aliphatic rings. The zero-order valence-electron chi connectivity index (χ0n) is 18.0. The van der Waals surface area contributed by atoms with Gasteiger partial charge >= 0.3 is 12.1 Å². The Morgan fingerprint density at radius 1 is 1.38 bits per heavy atom. The number of amidine groups is 1. The van der Waals surface area contributed by atoms with Crippen molar-refractivity contribution in [2.45, 2.75) is 51.4 Å². The Bertz CT molecular complexity index is 944. The van der Waals surface area contributed by atoms with Crippen LogP contribution < -0.4 is 25.1 Å².